The topological polar surface area (TPSA) is 88.4 Å². The maximum Gasteiger partial charge on any atom is 0.319 e. The first-order valence-electron chi connectivity index (χ1n) is 11.3. The average Bonchev–Trinajstić information content (AvgIpc) is 3.25. The minimum Gasteiger partial charge on any atom is -0.334 e. The summed E-state index contributed by atoms with van der Waals surface area (Å²) in [4.78, 5) is 30.5. The Morgan fingerprint density at radius 1 is 1.00 bits per heavy atom. The van der Waals surface area contributed by atoms with Crippen LogP contribution >= 0.6 is 11.3 Å². The summed E-state index contributed by atoms with van der Waals surface area (Å²) in [5.41, 5.74) is 4.50. The highest BCUT2D eigenvalue weighted by molar-refractivity contribution is 7.12. The number of amides is 2. The number of ketones is 1. The molecule has 0 aliphatic heterocycles. The molecule has 0 spiro atoms. The second kappa shape index (κ2) is 8.81. The van der Waals surface area contributed by atoms with Gasteiger partial charge in [0, 0.05) is 29.4 Å². The molecule has 5 aromatic rings. The monoisotopic (exact) mass is 479 g/mol. The van der Waals surface area contributed by atoms with Crippen molar-refractivity contribution in [2.24, 2.45) is 0 Å². The summed E-state index contributed by atoms with van der Waals surface area (Å²) in [5.74, 6) is 0.268. The van der Waals surface area contributed by atoms with Gasteiger partial charge in [-0.25, -0.2) is 14.3 Å². The zero-order valence-corrected chi connectivity index (χ0v) is 19.4. The van der Waals surface area contributed by atoms with Gasteiger partial charge in [0.2, 0.25) is 5.78 Å². The fourth-order valence-electron chi connectivity index (χ4n) is 4.33. The Labute approximate surface area is 205 Å². The normalized spacial score (nSPS) is 16.7. The molecule has 2 aromatic carbocycles. The van der Waals surface area contributed by atoms with Gasteiger partial charge in [-0.05, 0) is 41.6 Å². The van der Waals surface area contributed by atoms with Gasteiger partial charge in [-0.2, -0.15) is 5.10 Å². The van der Waals surface area contributed by atoms with E-state index in [1.807, 2.05) is 60.0 Å². The summed E-state index contributed by atoms with van der Waals surface area (Å²) >= 11 is 1.39. The number of carbonyl (C=O) groups excluding carboxylic acids is 2. The Bertz CT molecular complexity index is 1530. The molecule has 2 amide bonds. The maximum atomic E-state index is 12.9. The van der Waals surface area contributed by atoms with Gasteiger partial charge in [0.05, 0.1) is 22.3 Å². The highest BCUT2D eigenvalue weighted by Crippen LogP contribution is 2.40. The number of carbonyl (C=O) groups is 2. The third-order valence-electron chi connectivity index (χ3n) is 6.14. The van der Waals surface area contributed by atoms with Crippen LogP contribution in [-0.2, 0) is 0 Å². The molecule has 35 heavy (non-hydrogen) atoms. The first-order chi connectivity index (χ1) is 17.2. The van der Waals surface area contributed by atoms with Crippen molar-refractivity contribution in [2.75, 3.05) is 5.32 Å². The Kier molecular flexibility index (Phi) is 5.35. The SMILES string of the molecule is O=C(Nc1cccc(-c2ccnc3c(C(=O)c4cccs4)cnn23)c1)NC1CC1c1ccccc1. The van der Waals surface area contributed by atoms with E-state index in [2.05, 4.69) is 32.8 Å². The van der Waals surface area contributed by atoms with Crippen LogP contribution in [0.25, 0.3) is 16.9 Å². The Morgan fingerprint density at radius 3 is 2.71 bits per heavy atom. The molecule has 3 heterocycles. The van der Waals surface area contributed by atoms with Gasteiger partial charge >= 0.3 is 6.03 Å². The summed E-state index contributed by atoms with van der Waals surface area (Å²) in [6.07, 6.45) is 4.17. The third kappa shape index (κ3) is 4.20. The van der Waals surface area contributed by atoms with E-state index in [-0.39, 0.29) is 17.9 Å². The molecule has 172 valence electrons. The molecule has 2 atom stereocenters. The fourth-order valence-corrected chi connectivity index (χ4v) is 5.00. The molecule has 7 nitrogen and oxygen atoms in total. The Balaban J connectivity index is 1.20. The Morgan fingerprint density at radius 2 is 1.89 bits per heavy atom. The largest absolute Gasteiger partial charge is 0.334 e. The minimum absolute atomic E-state index is 0.0966. The number of urea groups is 1. The lowest BCUT2D eigenvalue weighted by Gasteiger charge is -2.10. The number of hydrogen-bond donors (Lipinski definition) is 2. The molecule has 0 saturated heterocycles. The summed E-state index contributed by atoms with van der Waals surface area (Å²) in [5, 5.41) is 12.3. The van der Waals surface area contributed by atoms with Crippen LogP contribution in [0.4, 0.5) is 10.5 Å². The van der Waals surface area contributed by atoms with Crippen molar-refractivity contribution < 1.29 is 9.59 Å². The predicted octanol–water partition coefficient (Wildman–Crippen LogP) is 5.37. The van der Waals surface area contributed by atoms with Crippen LogP contribution in [0, 0.1) is 0 Å². The quantitative estimate of drug-likeness (QED) is 0.321. The highest BCUT2D eigenvalue weighted by Gasteiger charge is 2.39. The van der Waals surface area contributed by atoms with E-state index in [4.69, 9.17) is 0 Å². The van der Waals surface area contributed by atoms with E-state index in [9.17, 15) is 9.59 Å². The molecule has 1 aliphatic carbocycles. The van der Waals surface area contributed by atoms with Gasteiger partial charge < -0.3 is 10.6 Å². The van der Waals surface area contributed by atoms with Crippen molar-refractivity contribution in [1.82, 2.24) is 19.9 Å². The number of nitrogens with one attached hydrogen (secondary N) is 2. The van der Waals surface area contributed by atoms with Crippen LogP contribution in [0.2, 0.25) is 0 Å². The van der Waals surface area contributed by atoms with E-state index in [1.54, 1.807) is 23.0 Å². The number of nitrogens with zero attached hydrogens (tertiary/aromatic N) is 3. The molecule has 3 aromatic heterocycles. The molecule has 1 saturated carbocycles. The Hall–Kier alpha value is -4.30. The van der Waals surface area contributed by atoms with Gasteiger partial charge in [0.25, 0.3) is 0 Å². The molecular weight excluding hydrogens is 458 g/mol. The van der Waals surface area contributed by atoms with E-state index in [0.717, 1.165) is 17.7 Å². The summed E-state index contributed by atoms with van der Waals surface area (Å²) in [6.45, 7) is 0. The van der Waals surface area contributed by atoms with Crippen molar-refractivity contribution in [3.8, 4) is 11.3 Å². The summed E-state index contributed by atoms with van der Waals surface area (Å²) in [6, 6.07) is 23.2. The van der Waals surface area contributed by atoms with E-state index in [1.165, 1.54) is 16.9 Å². The van der Waals surface area contributed by atoms with Crippen molar-refractivity contribution in [3.63, 3.8) is 0 Å². The van der Waals surface area contributed by atoms with Crippen molar-refractivity contribution in [3.05, 3.63) is 107 Å². The number of anilines is 1. The molecule has 0 bridgehead atoms. The minimum atomic E-state index is -0.228. The first kappa shape index (κ1) is 21.2. The average molecular weight is 480 g/mol. The number of thiophene rings is 1. The lowest BCUT2D eigenvalue weighted by atomic mass is 10.1. The van der Waals surface area contributed by atoms with E-state index in [0.29, 0.717) is 27.7 Å². The zero-order chi connectivity index (χ0) is 23.8. The van der Waals surface area contributed by atoms with Crippen LogP contribution in [0.15, 0.2) is 90.6 Å². The second-order valence-electron chi connectivity index (χ2n) is 8.47. The van der Waals surface area contributed by atoms with Crippen molar-refractivity contribution in [2.45, 2.75) is 18.4 Å². The molecule has 8 heteroatoms. The van der Waals surface area contributed by atoms with Gasteiger partial charge in [-0.3, -0.25) is 4.79 Å². The predicted molar refractivity (Wildman–Crippen MR) is 136 cm³/mol. The third-order valence-corrected chi connectivity index (χ3v) is 7.01. The number of fused-ring (bicyclic) bond motifs is 1. The maximum absolute atomic E-state index is 12.9. The van der Waals surface area contributed by atoms with Gasteiger partial charge in [-0.1, -0.05) is 48.5 Å². The van der Waals surface area contributed by atoms with Crippen molar-refractivity contribution >= 4 is 34.5 Å². The van der Waals surface area contributed by atoms with E-state index < -0.39 is 0 Å². The molecule has 0 radical (unpaired) electrons. The number of aromatic nitrogens is 3. The molecule has 6 rings (SSSR count). The van der Waals surface area contributed by atoms with E-state index >= 15 is 0 Å². The number of hydrogen-bond acceptors (Lipinski definition) is 5. The van der Waals surface area contributed by atoms with Crippen LogP contribution in [0.1, 0.15) is 33.1 Å². The molecule has 2 unspecified atom stereocenters. The fraction of sp³-hybridized carbons (Fsp3) is 0.111. The summed E-state index contributed by atoms with van der Waals surface area (Å²) in [7, 11) is 0. The van der Waals surface area contributed by atoms with Crippen molar-refractivity contribution in [1.29, 1.82) is 0 Å². The van der Waals surface area contributed by atoms with Crippen LogP contribution < -0.4 is 10.6 Å². The second-order valence-corrected chi connectivity index (χ2v) is 9.42. The lowest BCUT2D eigenvalue weighted by Crippen LogP contribution is -2.31. The van der Waals surface area contributed by atoms with Crippen LogP contribution in [0.5, 0.6) is 0 Å². The molecule has 1 aliphatic rings. The van der Waals surface area contributed by atoms with Gasteiger partial charge in [0.1, 0.15) is 0 Å². The number of benzene rings is 2. The van der Waals surface area contributed by atoms with Crippen LogP contribution in [0.3, 0.4) is 0 Å². The smallest absolute Gasteiger partial charge is 0.319 e. The lowest BCUT2D eigenvalue weighted by molar-refractivity contribution is 0.104. The number of rotatable bonds is 6. The van der Waals surface area contributed by atoms with Crippen LogP contribution in [-0.4, -0.2) is 32.5 Å². The van der Waals surface area contributed by atoms with Gasteiger partial charge in [0.15, 0.2) is 5.65 Å². The molecule has 2 N–H and O–H groups in total. The zero-order valence-electron chi connectivity index (χ0n) is 18.6. The molecular formula is C27H21N5O2S. The molecule has 1 fully saturated rings. The first-order valence-corrected chi connectivity index (χ1v) is 12.2. The van der Waals surface area contributed by atoms with Gasteiger partial charge in [-0.15, -0.1) is 11.3 Å². The standard InChI is InChI=1S/C27H21N5O2S/c33-25(24-10-5-13-35-24)21-16-29-32-23(11-12-28-26(21)32)18-8-4-9-19(14-18)30-27(34)31-22-15-20(22)17-6-2-1-3-7-17/h1-14,16,20,22H,15H2,(H2,30,31,34). The summed E-state index contributed by atoms with van der Waals surface area (Å²) < 4.78 is 1.66. The highest BCUT2D eigenvalue weighted by atomic mass is 32.1.